The maximum atomic E-state index is 11.0. The Bertz CT molecular complexity index is 624. The van der Waals surface area contributed by atoms with Crippen molar-refractivity contribution < 1.29 is 4.79 Å². The molecule has 3 nitrogen and oxygen atoms in total. The highest BCUT2D eigenvalue weighted by Gasteiger charge is 2.08. The molecule has 0 saturated heterocycles. The van der Waals surface area contributed by atoms with Crippen molar-refractivity contribution in [3.8, 4) is 0 Å². The van der Waals surface area contributed by atoms with Gasteiger partial charge in [0.2, 0.25) is 5.91 Å². The van der Waals surface area contributed by atoms with Gasteiger partial charge in [0.15, 0.2) is 0 Å². The lowest BCUT2D eigenvalue weighted by molar-refractivity contribution is 0.100. The fourth-order valence-electron chi connectivity index (χ4n) is 1.86. The van der Waals surface area contributed by atoms with E-state index in [1.165, 1.54) is 0 Å². The molecule has 2 aromatic heterocycles. The minimum absolute atomic E-state index is 0.384. The van der Waals surface area contributed by atoms with E-state index in [2.05, 4.69) is 4.98 Å². The van der Waals surface area contributed by atoms with Crippen LogP contribution < -0.4 is 5.73 Å². The van der Waals surface area contributed by atoms with Crippen LogP contribution in [0.25, 0.3) is 21.8 Å². The number of aromatic amines is 1. The van der Waals surface area contributed by atoms with Crippen LogP contribution in [0.1, 0.15) is 10.4 Å². The first-order valence-electron chi connectivity index (χ1n) is 4.39. The SMILES string of the molecule is NC(=O)c1ccc2c3ccc([nH]3)c2c1. The number of aromatic nitrogens is 1. The number of rotatable bonds is 1. The van der Waals surface area contributed by atoms with Crippen LogP contribution in [0, 0.1) is 0 Å². The molecular formula is C11H8N2O. The van der Waals surface area contributed by atoms with Crippen molar-refractivity contribution in [3.05, 3.63) is 35.9 Å². The Balaban J connectivity index is 2.44. The second-order valence-corrected chi connectivity index (χ2v) is 3.41. The van der Waals surface area contributed by atoms with Crippen LogP contribution in [-0.4, -0.2) is 10.9 Å². The summed E-state index contributed by atoms with van der Waals surface area (Å²) in [6, 6.07) is 9.54. The van der Waals surface area contributed by atoms with Crippen molar-refractivity contribution in [2.45, 2.75) is 0 Å². The van der Waals surface area contributed by atoms with Gasteiger partial charge >= 0.3 is 0 Å². The number of amides is 1. The average Bonchev–Trinajstić information content (AvgIpc) is 2.77. The molecule has 0 fully saturated rings. The second-order valence-electron chi connectivity index (χ2n) is 3.41. The summed E-state index contributed by atoms with van der Waals surface area (Å²) in [5, 5.41) is 2.21. The molecule has 3 heteroatoms. The van der Waals surface area contributed by atoms with Crippen molar-refractivity contribution in [2.24, 2.45) is 5.73 Å². The molecule has 3 rings (SSSR count). The number of hydrogen-bond donors (Lipinski definition) is 2. The molecule has 0 spiro atoms. The van der Waals surface area contributed by atoms with Crippen LogP contribution in [0.5, 0.6) is 0 Å². The number of fused-ring (bicyclic) bond motifs is 5. The Hall–Kier alpha value is -2.03. The highest BCUT2D eigenvalue weighted by Crippen LogP contribution is 2.28. The number of H-pyrrole nitrogens is 1. The maximum absolute atomic E-state index is 11.0. The number of nitrogens with two attached hydrogens (primary N) is 1. The zero-order valence-electron chi connectivity index (χ0n) is 7.37. The lowest BCUT2D eigenvalue weighted by Crippen LogP contribution is -2.10. The van der Waals surface area contributed by atoms with Crippen molar-refractivity contribution in [1.82, 2.24) is 4.98 Å². The summed E-state index contributed by atoms with van der Waals surface area (Å²) in [7, 11) is 0. The molecule has 1 amide bonds. The zero-order valence-corrected chi connectivity index (χ0v) is 7.37. The van der Waals surface area contributed by atoms with Gasteiger partial charge in [-0.05, 0) is 24.3 Å². The summed E-state index contributed by atoms with van der Waals surface area (Å²) in [6.45, 7) is 0. The van der Waals surface area contributed by atoms with E-state index in [0.29, 0.717) is 5.56 Å². The summed E-state index contributed by atoms with van der Waals surface area (Å²) < 4.78 is 0. The summed E-state index contributed by atoms with van der Waals surface area (Å²) >= 11 is 0. The van der Waals surface area contributed by atoms with Gasteiger partial charge in [-0.3, -0.25) is 4.79 Å². The molecule has 0 atom stereocenters. The van der Waals surface area contributed by atoms with E-state index in [0.717, 1.165) is 21.8 Å². The standard InChI is InChI=1S/C11H8N2O/c12-11(14)6-1-2-7-8(5-6)10-4-3-9(7)13-10/h1-5,13H,(H2,12,14). The highest BCUT2D eigenvalue weighted by molar-refractivity contribution is 6.11. The molecule has 0 unspecified atom stereocenters. The molecule has 1 aromatic carbocycles. The number of hydrogen-bond acceptors (Lipinski definition) is 1. The van der Waals surface area contributed by atoms with Gasteiger partial charge in [-0.15, -0.1) is 0 Å². The molecular weight excluding hydrogens is 176 g/mol. The molecule has 68 valence electrons. The van der Waals surface area contributed by atoms with Crippen molar-refractivity contribution >= 4 is 27.7 Å². The van der Waals surface area contributed by atoms with Gasteiger partial charge in [-0.2, -0.15) is 0 Å². The van der Waals surface area contributed by atoms with Gasteiger partial charge in [0.25, 0.3) is 0 Å². The number of nitrogens with one attached hydrogen (secondary N) is 1. The lowest BCUT2D eigenvalue weighted by Gasteiger charge is -1.97. The zero-order chi connectivity index (χ0) is 9.71. The quantitative estimate of drug-likeness (QED) is 0.595. The minimum Gasteiger partial charge on any atom is -0.366 e. The Morgan fingerprint density at radius 2 is 1.79 bits per heavy atom. The van der Waals surface area contributed by atoms with Gasteiger partial charge in [-0.1, -0.05) is 6.07 Å². The van der Waals surface area contributed by atoms with Crippen LogP contribution in [0.3, 0.4) is 0 Å². The van der Waals surface area contributed by atoms with E-state index in [4.69, 9.17) is 5.73 Å². The number of benzene rings is 2. The Labute approximate surface area is 79.8 Å². The van der Waals surface area contributed by atoms with Crippen LogP contribution in [0.4, 0.5) is 0 Å². The normalized spacial score (nSPS) is 11.4. The highest BCUT2D eigenvalue weighted by atomic mass is 16.1. The van der Waals surface area contributed by atoms with Crippen LogP contribution in [0.2, 0.25) is 0 Å². The predicted molar refractivity (Wildman–Crippen MR) is 55.5 cm³/mol. The third-order valence-electron chi connectivity index (χ3n) is 2.57. The maximum Gasteiger partial charge on any atom is 0.248 e. The molecule has 2 heterocycles. The van der Waals surface area contributed by atoms with E-state index in [9.17, 15) is 4.79 Å². The Morgan fingerprint density at radius 1 is 1.07 bits per heavy atom. The molecule has 0 aliphatic heterocycles. The number of primary amides is 1. The summed E-state index contributed by atoms with van der Waals surface area (Å²) in [6.07, 6.45) is 0. The van der Waals surface area contributed by atoms with Crippen LogP contribution in [-0.2, 0) is 0 Å². The van der Waals surface area contributed by atoms with E-state index in [-0.39, 0.29) is 5.91 Å². The molecule has 0 radical (unpaired) electrons. The monoisotopic (exact) mass is 184 g/mol. The molecule has 3 aromatic rings. The van der Waals surface area contributed by atoms with Crippen molar-refractivity contribution in [2.75, 3.05) is 0 Å². The van der Waals surface area contributed by atoms with E-state index in [1.54, 1.807) is 6.07 Å². The molecule has 0 saturated carbocycles. The number of carbonyl (C=O) groups excluding carboxylic acids is 1. The van der Waals surface area contributed by atoms with Crippen LogP contribution >= 0.6 is 0 Å². The van der Waals surface area contributed by atoms with Crippen LogP contribution in [0.15, 0.2) is 30.3 Å². The lowest BCUT2D eigenvalue weighted by atomic mass is 10.1. The summed E-state index contributed by atoms with van der Waals surface area (Å²) in [4.78, 5) is 14.2. The molecule has 14 heavy (non-hydrogen) atoms. The van der Waals surface area contributed by atoms with Crippen molar-refractivity contribution in [3.63, 3.8) is 0 Å². The van der Waals surface area contributed by atoms with Gasteiger partial charge in [0, 0.05) is 27.4 Å². The number of carbonyl (C=O) groups is 1. The predicted octanol–water partition coefficient (Wildman–Crippen LogP) is 1.86. The van der Waals surface area contributed by atoms with E-state index < -0.39 is 0 Å². The van der Waals surface area contributed by atoms with E-state index in [1.807, 2.05) is 24.3 Å². The first-order valence-corrected chi connectivity index (χ1v) is 4.39. The minimum atomic E-state index is -0.384. The smallest absolute Gasteiger partial charge is 0.248 e. The topological polar surface area (TPSA) is 58.9 Å². The Morgan fingerprint density at radius 3 is 2.50 bits per heavy atom. The summed E-state index contributed by atoms with van der Waals surface area (Å²) in [5.41, 5.74) is 7.92. The van der Waals surface area contributed by atoms with Crippen molar-refractivity contribution in [1.29, 1.82) is 0 Å². The fourth-order valence-corrected chi connectivity index (χ4v) is 1.86. The average molecular weight is 184 g/mol. The first kappa shape index (κ1) is 7.38. The molecule has 3 N–H and O–H groups in total. The van der Waals surface area contributed by atoms with Gasteiger partial charge in [-0.25, -0.2) is 0 Å². The molecule has 0 aliphatic carbocycles. The van der Waals surface area contributed by atoms with Gasteiger partial charge in [0.05, 0.1) is 0 Å². The fraction of sp³-hybridized carbons (Fsp3) is 0. The van der Waals surface area contributed by atoms with E-state index >= 15 is 0 Å². The third-order valence-corrected chi connectivity index (χ3v) is 2.57. The molecule has 0 aliphatic rings. The summed E-state index contributed by atoms with van der Waals surface area (Å²) in [5.74, 6) is -0.384. The first-order chi connectivity index (χ1) is 6.75. The second kappa shape index (κ2) is 2.26. The van der Waals surface area contributed by atoms with Gasteiger partial charge in [0.1, 0.15) is 0 Å². The van der Waals surface area contributed by atoms with Gasteiger partial charge < -0.3 is 10.7 Å². The Kier molecular flexibility index (Phi) is 1.19. The molecule has 2 bridgehead atoms. The third kappa shape index (κ3) is 0.785. The largest absolute Gasteiger partial charge is 0.366 e.